The van der Waals surface area contributed by atoms with Gasteiger partial charge in [-0.15, -0.1) is 11.8 Å². The molecule has 0 heterocycles. The standard InChI is InChI=1S/C13H16N2O5S/c1-2-7-14(8-13(17)18)12(16)9-21-11-5-3-10(4-6-11)15(19)20/h3-6H,2,7-9H2,1H3,(H,17,18). The molecule has 8 heteroatoms. The van der Waals surface area contributed by atoms with Gasteiger partial charge in [0.15, 0.2) is 0 Å². The van der Waals surface area contributed by atoms with E-state index in [0.29, 0.717) is 13.0 Å². The van der Waals surface area contributed by atoms with E-state index in [1.807, 2.05) is 6.92 Å². The Bertz CT molecular complexity index is 518. The normalized spacial score (nSPS) is 10.1. The smallest absolute Gasteiger partial charge is 0.323 e. The molecule has 1 N–H and O–H groups in total. The zero-order valence-corrected chi connectivity index (χ0v) is 12.3. The third kappa shape index (κ3) is 5.82. The molecule has 0 aliphatic rings. The molecule has 0 fully saturated rings. The second-order valence-electron chi connectivity index (χ2n) is 4.25. The number of carboxylic acid groups (broad SMARTS) is 1. The number of carbonyl (C=O) groups is 2. The summed E-state index contributed by atoms with van der Waals surface area (Å²) < 4.78 is 0. The van der Waals surface area contributed by atoms with Crippen molar-refractivity contribution in [3.63, 3.8) is 0 Å². The van der Waals surface area contributed by atoms with Crippen LogP contribution >= 0.6 is 11.8 Å². The minimum atomic E-state index is -1.04. The Labute approximate surface area is 126 Å². The first-order valence-corrected chi connectivity index (χ1v) is 7.29. The van der Waals surface area contributed by atoms with E-state index in [2.05, 4.69) is 0 Å². The fourth-order valence-corrected chi connectivity index (χ4v) is 2.43. The summed E-state index contributed by atoms with van der Waals surface area (Å²) in [6.45, 7) is 1.95. The largest absolute Gasteiger partial charge is 0.480 e. The van der Waals surface area contributed by atoms with Gasteiger partial charge in [-0.05, 0) is 18.6 Å². The molecular formula is C13H16N2O5S. The average molecular weight is 312 g/mol. The molecule has 0 spiro atoms. The molecular weight excluding hydrogens is 296 g/mol. The molecule has 0 saturated heterocycles. The highest BCUT2D eigenvalue weighted by Gasteiger charge is 2.16. The Morgan fingerprint density at radius 3 is 2.43 bits per heavy atom. The minimum Gasteiger partial charge on any atom is -0.480 e. The van der Waals surface area contributed by atoms with Crippen molar-refractivity contribution in [1.82, 2.24) is 4.90 Å². The summed E-state index contributed by atoms with van der Waals surface area (Å²) in [5.74, 6) is -1.20. The number of carbonyl (C=O) groups excluding carboxylic acids is 1. The number of amides is 1. The van der Waals surface area contributed by atoms with Crippen LogP contribution in [0.4, 0.5) is 5.69 Å². The zero-order chi connectivity index (χ0) is 15.8. The van der Waals surface area contributed by atoms with Crippen LogP contribution in [0.15, 0.2) is 29.2 Å². The van der Waals surface area contributed by atoms with Gasteiger partial charge in [0.05, 0.1) is 10.7 Å². The summed E-state index contributed by atoms with van der Waals surface area (Å²) in [6.07, 6.45) is 0.682. The monoisotopic (exact) mass is 312 g/mol. The van der Waals surface area contributed by atoms with Crippen LogP contribution in [0.3, 0.4) is 0 Å². The van der Waals surface area contributed by atoms with Gasteiger partial charge in [-0.25, -0.2) is 0 Å². The van der Waals surface area contributed by atoms with Crippen LogP contribution in [0.2, 0.25) is 0 Å². The summed E-state index contributed by atoms with van der Waals surface area (Å²) >= 11 is 1.22. The lowest BCUT2D eigenvalue weighted by molar-refractivity contribution is -0.384. The van der Waals surface area contributed by atoms with Crippen LogP contribution in [-0.2, 0) is 9.59 Å². The van der Waals surface area contributed by atoms with E-state index in [1.165, 1.54) is 28.8 Å². The fraction of sp³-hybridized carbons (Fsp3) is 0.385. The summed E-state index contributed by atoms with van der Waals surface area (Å²) in [6, 6.07) is 5.87. The van der Waals surface area contributed by atoms with Crippen molar-refractivity contribution in [3.05, 3.63) is 34.4 Å². The van der Waals surface area contributed by atoms with Crippen LogP contribution in [0, 0.1) is 10.1 Å². The van der Waals surface area contributed by atoms with E-state index in [0.717, 1.165) is 4.90 Å². The van der Waals surface area contributed by atoms with E-state index >= 15 is 0 Å². The zero-order valence-electron chi connectivity index (χ0n) is 11.5. The molecule has 1 amide bonds. The molecule has 1 aromatic carbocycles. The van der Waals surface area contributed by atoms with Crippen molar-refractivity contribution >= 4 is 29.3 Å². The first-order valence-electron chi connectivity index (χ1n) is 6.31. The van der Waals surface area contributed by atoms with Gasteiger partial charge < -0.3 is 10.0 Å². The second kappa shape index (κ2) is 8.25. The van der Waals surface area contributed by atoms with Crippen molar-refractivity contribution in [2.75, 3.05) is 18.8 Å². The SMILES string of the molecule is CCCN(CC(=O)O)C(=O)CSc1ccc([N+](=O)[O-])cc1. The molecule has 0 radical (unpaired) electrons. The maximum absolute atomic E-state index is 12.0. The summed E-state index contributed by atoms with van der Waals surface area (Å²) in [4.78, 5) is 34.7. The highest BCUT2D eigenvalue weighted by molar-refractivity contribution is 8.00. The number of non-ortho nitro benzene ring substituents is 1. The molecule has 21 heavy (non-hydrogen) atoms. The van der Waals surface area contributed by atoms with Crippen molar-refractivity contribution in [1.29, 1.82) is 0 Å². The highest BCUT2D eigenvalue weighted by atomic mass is 32.2. The predicted molar refractivity (Wildman–Crippen MR) is 78.3 cm³/mol. The summed E-state index contributed by atoms with van der Waals surface area (Å²) in [7, 11) is 0. The van der Waals surface area contributed by atoms with Crippen molar-refractivity contribution in [2.45, 2.75) is 18.2 Å². The fourth-order valence-electron chi connectivity index (χ4n) is 1.63. The molecule has 114 valence electrons. The lowest BCUT2D eigenvalue weighted by Crippen LogP contribution is -2.37. The lowest BCUT2D eigenvalue weighted by Gasteiger charge is -2.19. The number of benzene rings is 1. The number of nitro benzene ring substituents is 1. The van der Waals surface area contributed by atoms with E-state index < -0.39 is 10.9 Å². The van der Waals surface area contributed by atoms with Gasteiger partial charge in [0.2, 0.25) is 5.91 Å². The van der Waals surface area contributed by atoms with E-state index in [4.69, 9.17) is 5.11 Å². The van der Waals surface area contributed by atoms with Gasteiger partial charge in [0.1, 0.15) is 6.54 Å². The lowest BCUT2D eigenvalue weighted by atomic mass is 10.3. The molecule has 0 bridgehead atoms. The van der Waals surface area contributed by atoms with E-state index in [1.54, 1.807) is 12.1 Å². The Morgan fingerprint density at radius 1 is 1.33 bits per heavy atom. The number of nitrogens with zero attached hydrogens (tertiary/aromatic N) is 2. The third-order valence-corrected chi connectivity index (χ3v) is 3.58. The van der Waals surface area contributed by atoms with Gasteiger partial charge in [-0.2, -0.15) is 0 Å². The Kier molecular flexibility index (Phi) is 6.67. The molecule has 0 atom stereocenters. The van der Waals surface area contributed by atoms with E-state index in [-0.39, 0.29) is 23.9 Å². The molecule has 0 unspecified atom stereocenters. The quantitative estimate of drug-likeness (QED) is 0.447. The minimum absolute atomic E-state index is 0.0100. The Balaban J connectivity index is 2.57. The molecule has 7 nitrogen and oxygen atoms in total. The first kappa shape index (κ1) is 17.0. The molecule has 0 aliphatic heterocycles. The van der Waals surface area contributed by atoms with Crippen molar-refractivity contribution in [3.8, 4) is 0 Å². The molecule has 0 aliphatic carbocycles. The number of rotatable bonds is 8. The number of hydrogen-bond acceptors (Lipinski definition) is 5. The van der Waals surface area contributed by atoms with Crippen LogP contribution in [0.1, 0.15) is 13.3 Å². The van der Waals surface area contributed by atoms with Crippen LogP contribution < -0.4 is 0 Å². The molecule has 0 aromatic heterocycles. The third-order valence-electron chi connectivity index (χ3n) is 2.58. The maximum Gasteiger partial charge on any atom is 0.323 e. The summed E-state index contributed by atoms with van der Waals surface area (Å²) in [5, 5.41) is 19.3. The van der Waals surface area contributed by atoms with Gasteiger partial charge in [0, 0.05) is 23.6 Å². The Hall–Kier alpha value is -2.09. The average Bonchev–Trinajstić information content (AvgIpc) is 2.44. The van der Waals surface area contributed by atoms with Gasteiger partial charge in [-0.3, -0.25) is 19.7 Å². The van der Waals surface area contributed by atoms with Crippen LogP contribution in [-0.4, -0.2) is 45.6 Å². The molecule has 1 rings (SSSR count). The van der Waals surface area contributed by atoms with Gasteiger partial charge in [-0.1, -0.05) is 6.92 Å². The number of thioether (sulfide) groups is 1. The number of carboxylic acids is 1. The summed E-state index contributed by atoms with van der Waals surface area (Å²) in [5.41, 5.74) is -0.0100. The molecule has 0 saturated carbocycles. The van der Waals surface area contributed by atoms with E-state index in [9.17, 15) is 19.7 Å². The van der Waals surface area contributed by atoms with Crippen molar-refractivity contribution in [2.24, 2.45) is 0 Å². The van der Waals surface area contributed by atoms with Gasteiger partial charge >= 0.3 is 5.97 Å². The first-order chi connectivity index (χ1) is 9.93. The number of nitro groups is 1. The second-order valence-corrected chi connectivity index (χ2v) is 5.30. The number of aliphatic carboxylic acids is 1. The number of hydrogen-bond donors (Lipinski definition) is 1. The molecule has 1 aromatic rings. The predicted octanol–water partition coefficient (Wildman–Crippen LogP) is 2.01. The van der Waals surface area contributed by atoms with Crippen LogP contribution in [0.5, 0.6) is 0 Å². The van der Waals surface area contributed by atoms with Crippen LogP contribution in [0.25, 0.3) is 0 Å². The van der Waals surface area contributed by atoms with Gasteiger partial charge in [0.25, 0.3) is 5.69 Å². The topological polar surface area (TPSA) is 101 Å². The Morgan fingerprint density at radius 2 is 1.95 bits per heavy atom. The van der Waals surface area contributed by atoms with Crippen molar-refractivity contribution < 1.29 is 19.6 Å². The highest BCUT2D eigenvalue weighted by Crippen LogP contribution is 2.21. The maximum atomic E-state index is 12.0.